The van der Waals surface area contributed by atoms with Crippen molar-refractivity contribution in [2.45, 2.75) is 25.0 Å². The Bertz CT molecular complexity index is 1320. The number of hydrogen-bond acceptors (Lipinski definition) is 4. The van der Waals surface area contributed by atoms with E-state index in [9.17, 15) is 13.2 Å². The Hall–Kier alpha value is -2.84. The van der Waals surface area contributed by atoms with Crippen molar-refractivity contribution >= 4 is 44.5 Å². The number of hydrogen-bond donors (Lipinski definition) is 1. The molecule has 1 aliphatic carbocycles. The van der Waals surface area contributed by atoms with Crippen molar-refractivity contribution in [2.75, 3.05) is 0 Å². The Morgan fingerprint density at radius 2 is 2.10 bits per heavy atom. The third-order valence-electron chi connectivity index (χ3n) is 5.44. The minimum absolute atomic E-state index is 0.0366. The second-order valence-electron chi connectivity index (χ2n) is 7.72. The Balaban J connectivity index is 1.64. The van der Waals surface area contributed by atoms with Crippen LogP contribution in [0.2, 0.25) is 5.02 Å². The van der Waals surface area contributed by atoms with Gasteiger partial charge in [-0.05, 0) is 56.0 Å². The highest BCUT2D eigenvalue weighted by Crippen LogP contribution is 2.36. The molecule has 162 valence electrons. The van der Waals surface area contributed by atoms with Gasteiger partial charge in [0.2, 0.25) is 10.0 Å². The Morgan fingerprint density at radius 1 is 1.35 bits per heavy atom. The van der Waals surface area contributed by atoms with Gasteiger partial charge in [0.15, 0.2) is 0 Å². The van der Waals surface area contributed by atoms with E-state index < -0.39 is 21.2 Å². The van der Waals surface area contributed by atoms with Crippen LogP contribution in [0.15, 0.2) is 49.2 Å². The third kappa shape index (κ3) is 4.18. The average Bonchev–Trinajstić information content (AvgIpc) is 3.36. The molecule has 1 atom stereocenters. The van der Waals surface area contributed by atoms with Crippen molar-refractivity contribution in [3.8, 4) is 5.82 Å². The van der Waals surface area contributed by atoms with Crippen molar-refractivity contribution in [1.82, 2.24) is 19.1 Å². The van der Waals surface area contributed by atoms with Crippen molar-refractivity contribution < 1.29 is 13.2 Å². The van der Waals surface area contributed by atoms with Crippen LogP contribution < -0.4 is 4.72 Å². The molecule has 1 N–H and O–H groups in total. The number of nitrogens with one attached hydrogen (secondary N) is 1. The quantitative estimate of drug-likeness (QED) is 0.431. The molecule has 3 aromatic rings. The summed E-state index contributed by atoms with van der Waals surface area (Å²) in [6.07, 6.45) is 7.77. The topological polar surface area (TPSA) is 86.0 Å². The summed E-state index contributed by atoms with van der Waals surface area (Å²) in [5.41, 5.74) is 2.36. The van der Waals surface area contributed by atoms with Crippen LogP contribution in [0.5, 0.6) is 0 Å². The number of amides is 1. The standard InChI is InChI=1S/C22H23ClN4O3S/c1-4-20(15-5-6-15)31(29,30)25-21(28)10-8-18-14(2)24-26(3)22(18)27-12-11-16-13-17(23)7-9-19(16)27/h4,7-13,15,20H,1,5-6H2,2-3H3,(H,25,28)/b10-8+. The maximum atomic E-state index is 12.5. The first-order chi connectivity index (χ1) is 14.7. The summed E-state index contributed by atoms with van der Waals surface area (Å²) in [5.74, 6) is 0.0870. The van der Waals surface area contributed by atoms with Gasteiger partial charge < -0.3 is 4.57 Å². The molecule has 0 radical (unpaired) electrons. The molecule has 0 aliphatic heterocycles. The molecule has 1 aliphatic rings. The van der Waals surface area contributed by atoms with Gasteiger partial charge in [-0.25, -0.2) is 13.1 Å². The van der Waals surface area contributed by atoms with Crippen LogP contribution >= 0.6 is 11.6 Å². The SMILES string of the molecule is C=CC(C1CC1)S(=O)(=O)NC(=O)/C=C/c1c(C)nn(C)c1-n1ccc2cc(Cl)ccc21. The summed E-state index contributed by atoms with van der Waals surface area (Å²) in [6, 6.07) is 7.55. The number of fused-ring (bicyclic) bond motifs is 1. The minimum Gasteiger partial charge on any atom is -0.301 e. The van der Waals surface area contributed by atoms with Gasteiger partial charge >= 0.3 is 0 Å². The Morgan fingerprint density at radius 3 is 2.77 bits per heavy atom. The largest absolute Gasteiger partial charge is 0.301 e. The third-order valence-corrected chi connectivity index (χ3v) is 7.45. The molecule has 0 saturated heterocycles. The lowest BCUT2D eigenvalue weighted by atomic mass is 10.2. The Labute approximate surface area is 186 Å². The molecule has 31 heavy (non-hydrogen) atoms. The van der Waals surface area contributed by atoms with E-state index in [2.05, 4.69) is 16.4 Å². The van der Waals surface area contributed by atoms with Gasteiger partial charge in [-0.2, -0.15) is 5.10 Å². The molecular weight excluding hydrogens is 436 g/mol. The van der Waals surface area contributed by atoms with Gasteiger partial charge in [-0.15, -0.1) is 6.58 Å². The van der Waals surface area contributed by atoms with Gasteiger partial charge in [0.25, 0.3) is 5.91 Å². The number of nitrogens with zero attached hydrogens (tertiary/aromatic N) is 3. The number of halogens is 1. The number of rotatable bonds is 7. The fourth-order valence-corrected chi connectivity index (χ4v) is 5.54. The predicted molar refractivity (Wildman–Crippen MR) is 123 cm³/mol. The molecule has 1 amide bonds. The zero-order chi connectivity index (χ0) is 22.3. The maximum Gasteiger partial charge on any atom is 0.257 e. The highest BCUT2D eigenvalue weighted by molar-refractivity contribution is 7.90. The van der Waals surface area contributed by atoms with E-state index in [0.29, 0.717) is 16.3 Å². The second kappa shape index (κ2) is 8.01. The van der Waals surface area contributed by atoms with Gasteiger partial charge in [0, 0.05) is 35.3 Å². The van der Waals surface area contributed by atoms with Gasteiger partial charge in [0.05, 0.1) is 11.2 Å². The number of carbonyl (C=O) groups excluding carboxylic acids is 1. The van der Waals surface area contributed by atoms with Gasteiger partial charge in [-0.1, -0.05) is 17.7 Å². The van der Waals surface area contributed by atoms with Crippen LogP contribution in [0.1, 0.15) is 24.1 Å². The highest BCUT2D eigenvalue weighted by atomic mass is 35.5. The molecular formula is C22H23ClN4O3S. The summed E-state index contributed by atoms with van der Waals surface area (Å²) < 4.78 is 30.8. The van der Waals surface area contributed by atoms with E-state index >= 15 is 0 Å². The van der Waals surface area contributed by atoms with Gasteiger partial charge in [0.1, 0.15) is 11.1 Å². The van der Waals surface area contributed by atoms with Crippen molar-refractivity contribution in [1.29, 1.82) is 0 Å². The highest BCUT2D eigenvalue weighted by Gasteiger charge is 2.38. The smallest absolute Gasteiger partial charge is 0.257 e. The van der Waals surface area contributed by atoms with Crippen molar-refractivity contribution in [3.05, 3.63) is 65.5 Å². The lowest BCUT2D eigenvalue weighted by molar-refractivity contribution is -0.114. The Kier molecular flexibility index (Phi) is 5.53. The average molecular weight is 459 g/mol. The molecule has 1 unspecified atom stereocenters. The number of carbonyl (C=O) groups is 1. The van der Waals surface area contributed by atoms with Crippen LogP contribution in [-0.2, 0) is 21.9 Å². The monoisotopic (exact) mass is 458 g/mol. The first-order valence-electron chi connectivity index (χ1n) is 9.88. The molecule has 2 heterocycles. The van der Waals surface area contributed by atoms with Crippen molar-refractivity contribution in [3.63, 3.8) is 0 Å². The first kappa shape index (κ1) is 21.4. The first-order valence-corrected chi connectivity index (χ1v) is 11.8. The molecule has 0 spiro atoms. The van der Waals surface area contributed by atoms with E-state index in [0.717, 1.165) is 29.6 Å². The van der Waals surface area contributed by atoms with E-state index in [-0.39, 0.29) is 5.92 Å². The lowest BCUT2D eigenvalue weighted by Crippen LogP contribution is -2.37. The van der Waals surface area contributed by atoms with Crippen LogP contribution in [0.4, 0.5) is 0 Å². The van der Waals surface area contributed by atoms with E-state index in [1.54, 1.807) is 10.8 Å². The van der Waals surface area contributed by atoms with E-state index in [1.165, 1.54) is 12.2 Å². The number of sulfonamides is 1. The minimum atomic E-state index is -3.81. The van der Waals surface area contributed by atoms with Crippen LogP contribution in [-0.4, -0.2) is 33.9 Å². The summed E-state index contributed by atoms with van der Waals surface area (Å²) in [4.78, 5) is 12.4. The molecule has 1 fully saturated rings. The fraction of sp³-hybridized carbons (Fsp3) is 0.273. The number of benzene rings is 1. The van der Waals surface area contributed by atoms with Crippen LogP contribution in [0.25, 0.3) is 22.8 Å². The zero-order valence-electron chi connectivity index (χ0n) is 17.2. The van der Waals surface area contributed by atoms with Gasteiger partial charge in [-0.3, -0.25) is 9.48 Å². The molecule has 2 aromatic heterocycles. The molecule has 0 bridgehead atoms. The number of aromatic nitrogens is 3. The molecule has 1 aromatic carbocycles. The molecule has 7 nitrogen and oxygen atoms in total. The zero-order valence-corrected chi connectivity index (χ0v) is 18.8. The molecule has 9 heteroatoms. The fourth-order valence-electron chi connectivity index (χ4n) is 3.84. The lowest BCUT2D eigenvalue weighted by Gasteiger charge is -2.12. The summed E-state index contributed by atoms with van der Waals surface area (Å²) in [6.45, 7) is 5.44. The normalized spacial score (nSPS) is 15.5. The number of aryl methyl sites for hydroxylation is 2. The van der Waals surface area contributed by atoms with Crippen molar-refractivity contribution in [2.24, 2.45) is 13.0 Å². The summed E-state index contributed by atoms with van der Waals surface area (Å²) in [5, 5.41) is 5.34. The maximum absolute atomic E-state index is 12.5. The van der Waals surface area contributed by atoms with Crippen LogP contribution in [0.3, 0.4) is 0 Å². The summed E-state index contributed by atoms with van der Waals surface area (Å²) >= 11 is 6.10. The molecule has 1 saturated carbocycles. The van der Waals surface area contributed by atoms with E-state index in [1.807, 2.05) is 49.0 Å². The molecule has 4 rings (SSSR count). The van der Waals surface area contributed by atoms with E-state index in [4.69, 9.17) is 11.6 Å². The van der Waals surface area contributed by atoms with Crippen LogP contribution in [0, 0.1) is 12.8 Å². The second-order valence-corrected chi connectivity index (χ2v) is 9.99. The predicted octanol–water partition coefficient (Wildman–Crippen LogP) is 3.75. The summed E-state index contributed by atoms with van der Waals surface area (Å²) in [7, 11) is -2.00.